The van der Waals surface area contributed by atoms with Crippen molar-refractivity contribution in [3.63, 3.8) is 0 Å². The Morgan fingerprint density at radius 1 is 1.19 bits per heavy atom. The Kier molecular flexibility index (Phi) is 3.27. The van der Waals surface area contributed by atoms with E-state index in [1.54, 1.807) is 0 Å². The third kappa shape index (κ3) is 2.22. The zero-order valence-corrected chi connectivity index (χ0v) is 12.0. The summed E-state index contributed by atoms with van der Waals surface area (Å²) in [7, 11) is 0. The van der Waals surface area contributed by atoms with Gasteiger partial charge in [-0.2, -0.15) is 0 Å². The monoisotopic (exact) mass is 286 g/mol. The summed E-state index contributed by atoms with van der Waals surface area (Å²) in [6, 6.07) is 7.07. The maximum absolute atomic E-state index is 12.7. The molecule has 3 rings (SSSR count). The van der Waals surface area contributed by atoms with Gasteiger partial charge in [-0.15, -0.1) is 0 Å². The molecule has 2 fully saturated rings. The number of imide groups is 2. The molecule has 0 radical (unpaired) electrons. The Hall–Kier alpha value is -2.17. The Labute approximate surface area is 123 Å². The molecule has 1 aromatic rings. The number of nitrogens with one attached hydrogen (secondary N) is 1. The molecule has 110 valence electrons. The van der Waals surface area contributed by atoms with Gasteiger partial charge in [-0.25, -0.2) is 4.79 Å². The second-order valence-corrected chi connectivity index (χ2v) is 5.93. The lowest BCUT2D eigenvalue weighted by atomic mass is 9.82. The highest BCUT2D eigenvalue weighted by Gasteiger charge is 2.54. The van der Waals surface area contributed by atoms with E-state index in [9.17, 15) is 14.4 Å². The summed E-state index contributed by atoms with van der Waals surface area (Å²) in [5, 5.41) is 2.35. The molecule has 1 spiro atoms. The number of benzene rings is 1. The summed E-state index contributed by atoms with van der Waals surface area (Å²) in [5.41, 5.74) is 0.947. The molecule has 0 aromatic heterocycles. The number of carbonyl (C=O) groups is 3. The fourth-order valence-electron chi connectivity index (χ4n) is 3.29. The molecule has 1 saturated heterocycles. The van der Waals surface area contributed by atoms with Crippen molar-refractivity contribution in [1.82, 2.24) is 10.2 Å². The summed E-state index contributed by atoms with van der Waals surface area (Å²) in [5.74, 6) is -0.759. The molecule has 1 saturated carbocycles. The number of hydrogen-bond acceptors (Lipinski definition) is 3. The smallest absolute Gasteiger partial charge is 0.277 e. The fourth-order valence-corrected chi connectivity index (χ4v) is 3.29. The van der Waals surface area contributed by atoms with Crippen molar-refractivity contribution >= 4 is 17.8 Å². The topological polar surface area (TPSA) is 66.5 Å². The lowest BCUT2D eigenvalue weighted by molar-refractivity contribution is -0.151. The first-order chi connectivity index (χ1) is 10.0. The quantitative estimate of drug-likeness (QED) is 0.847. The molecule has 1 aromatic carbocycles. The third-order valence-corrected chi connectivity index (χ3v) is 4.44. The zero-order valence-electron chi connectivity index (χ0n) is 12.0. The van der Waals surface area contributed by atoms with Gasteiger partial charge >= 0.3 is 6.03 Å². The van der Waals surface area contributed by atoms with Gasteiger partial charge in [-0.3, -0.25) is 19.8 Å². The van der Waals surface area contributed by atoms with E-state index in [-0.39, 0.29) is 12.5 Å². The second kappa shape index (κ2) is 4.98. The molecular weight excluding hydrogens is 268 g/mol. The predicted octanol–water partition coefficient (Wildman–Crippen LogP) is 2.13. The maximum atomic E-state index is 12.7. The van der Waals surface area contributed by atoms with Crippen LogP contribution in [-0.2, 0) is 16.1 Å². The summed E-state index contributed by atoms with van der Waals surface area (Å²) >= 11 is 0. The Morgan fingerprint density at radius 2 is 1.90 bits per heavy atom. The molecule has 1 N–H and O–H groups in total. The molecule has 1 heterocycles. The van der Waals surface area contributed by atoms with E-state index in [0.29, 0.717) is 12.8 Å². The highest BCUT2D eigenvalue weighted by atomic mass is 16.2. The van der Waals surface area contributed by atoms with E-state index in [0.717, 1.165) is 24.0 Å². The van der Waals surface area contributed by atoms with E-state index in [2.05, 4.69) is 5.32 Å². The minimum Gasteiger partial charge on any atom is -0.277 e. The van der Waals surface area contributed by atoms with Crippen molar-refractivity contribution in [2.24, 2.45) is 5.41 Å². The summed E-state index contributed by atoms with van der Waals surface area (Å²) in [6.45, 7) is 2.17. The van der Waals surface area contributed by atoms with Gasteiger partial charge in [-0.05, 0) is 25.3 Å². The SMILES string of the molecule is Cc1cccc(CN2C(=O)NC(=O)C3(CCCC3)C2=O)c1. The van der Waals surface area contributed by atoms with Crippen LogP contribution >= 0.6 is 0 Å². The average Bonchev–Trinajstić information content (AvgIpc) is 2.93. The summed E-state index contributed by atoms with van der Waals surface area (Å²) < 4.78 is 0. The van der Waals surface area contributed by atoms with Crippen LogP contribution in [0.3, 0.4) is 0 Å². The molecule has 1 aliphatic carbocycles. The van der Waals surface area contributed by atoms with Crippen molar-refractivity contribution in [3.8, 4) is 0 Å². The third-order valence-electron chi connectivity index (χ3n) is 4.44. The molecule has 5 nitrogen and oxygen atoms in total. The van der Waals surface area contributed by atoms with Crippen molar-refractivity contribution in [2.45, 2.75) is 39.2 Å². The van der Waals surface area contributed by atoms with Crippen LogP contribution in [0.25, 0.3) is 0 Å². The molecule has 0 unspecified atom stereocenters. The highest BCUT2D eigenvalue weighted by Crippen LogP contribution is 2.42. The largest absolute Gasteiger partial charge is 0.331 e. The molecule has 0 atom stereocenters. The first-order valence-corrected chi connectivity index (χ1v) is 7.26. The van der Waals surface area contributed by atoms with E-state index in [1.807, 2.05) is 31.2 Å². The van der Waals surface area contributed by atoms with Gasteiger partial charge in [0.15, 0.2) is 0 Å². The Bertz CT molecular complexity index is 618. The van der Waals surface area contributed by atoms with Gasteiger partial charge in [0.1, 0.15) is 5.41 Å². The fraction of sp³-hybridized carbons (Fsp3) is 0.438. The van der Waals surface area contributed by atoms with Crippen LogP contribution in [0.1, 0.15) is 36.8 Å². The number of barbiturate groups is 1. The van der Waals surface area contributed by atoms with Gasteiger partial charge < -0.3 is 0 Å². The number of rotatable bonds is 2. The normalized spacial score (nSPS) is 21.0. The molecule has 21 heavy (non-hydrogen) atoms. The molecule has 1 aliphatic heterocycles. The molecular formula is C16H18N2O3. The number of hydrogen-bond donors (Lipinski definition) is 1. The van der Waals surface area contributed by atoms with Crippen molar-refractivity contribution in [3.05, 3.63) is 35.4 Å². The van der Waals surface area contributed by atoms with E-state index in [1.165, 1.54) is 4.90 Å². The van der Waals surface area contributed by atoms with E-state index in [4.69, 9.17) is 0 Å². The number of urea groups is 1. The number of nitrogens with zero attached hydrogens (tertiary/aromatic N) is 1. The Balaban J connectivity index is 1.89. The van der Waals surface area contributed by atoms with Gasteiger partial charge in [0.2, 0.25) is 11.8 Å². The molecule has 5 heteroatoms. The number of carbonyl (C=O) groups excluding carboxylic acids is 3. The van der Waals surface area contributed by atoms with Gasteiger partial charge in [-0.1, -0.05) is 42.7 Å². The highest BCUT2D eigenvalue weighted by molar-refractivity contribution is 6.19. The van der Waals surface area contributed by atoms with Crippen LogP contribution in [-0.4, -0.2) is 22.7 Å². The predicted molar refractivity (Wildman–Crippen MR) is 76.2 cm³/mol. The Morgan fingerprint density at radius 3 is 2.57 bits per heavy atom. The van der Waals surface area contributed by atoms with E-state index < -0.39 is 17.4 Å². The van der Waals surface area contributed by atoms with Gasteiger partial charge in [0.05, 0.1) is 6.54 Å². The average molecular weight is 286 g/mol. The summed E-state index contributed by atoms with van der Waals surface area (Å²) in [4.78, 5) is 38.0. The van der Waals surface area contributed by atoms with Crippen LogP contribution in [0.15, 0.2) is 24.3 Å². The van der Waals surface area contributed by atoms with E-state index >= 15 is 0 Å². The van der Waals surface area contributed by atoms with Crippen LogP contribution in [0.2, 0.25) is 0 Å². The summed E-state index contributed by atoms with van der Waals surface area (Å²) in [6.07, 6.45) is 2.78. The lowest BCUT2D eigenvalue weighted by Gasteiger charge is -2.36. The zero-order chi connectivity index (χ0) is 15.0. The molecule has 4 amide bonds. The van der Waals surface area contributed by atoms with Gasteiger partial charge in [0, 0.05) is 0 Å². The van der Waals surface area contributed by atoms with Crippen LogP contribution in [0, 0.1) is 12.3 Å². The molecule has 0 bridgehead atoms. The minimum atomic E-state index is -1.02. The van der Waals surface area contributed by atoms with Crippen LogP contribution in [0.4, 0.5) is 4.79 Å². The first kappa shape index (κ1) is 13.8. The number of amides is 4. The van der Waals surface area contributed by atoms with Crippen LogP contribution < -0.4 is 5.32 Å². The molecule has 2 aliphatic rings. The lowest BCUT2D eigenvalue weighted by Crippen LogP contribution is -2.62. The van der Waals surface area contributed by atoms with Gasteiger partial charge in [0.25, 0.3) is 0 Å². The van der Waals surface area contributed by atoms with Crippen molar-refractivity contribution in [1.29, 1.82) is 0 Å². The number of aryl methyl sites for hydroxylation is 1. The van der Waals surface area contributed by atoms with Crippen molar-refractivity contribution in [2.75, 3.05) is 0 Å². The second-order valence-electron chi connectivity index (χ2n) is 5.93. The van der Waals surface area contributed by atoms with Crippen LogP contribution in [0.5, 0.6) is 0 Å². The first-order valence-electron chi connectivity index (χ1n) is 7.26. The standard InChI is InChI=1S/C16H18N2O3/c1-11-5-4-6-12(9-11)10-18-14(20)16(7-2-3-8-16)13(19)17-15(18)21/h4-6,9H,2-3,7-8,10H2,1H3,(H,17,19,21). The minimum absolute atomic E-state index is 0.210. The maximum Gasteiger partial charge on any atom is 0.331 e. The van der Waals surface area contributed by atoms with Crippen molar-refractivity contribution < 1.29 is 14.4 Å².